The van der Waals surface area contributed by atoms with E-state index >= 15 is 0 Å². The van der Waals surface area contributed by atoms with Gasteiger partial charge < -0.3 is 4.74 Å². The molecule has 1 fully saturated rings. The number of benzene rings is 3. The van der Waals surface area contributed by atoms with E-state index < -0.39 is 0 Å². The first-order valence-electron chi connectivity index (χ1n) is 10.8. The predicted molar refractivity (Wildman–Crippen MR) is 132 cm³/mol. The van der Waals surface area contributed by atoms with Crippen LogP contribution in [0.25, 0.3) is 0 Å². The van der Waals surface area contributed by atoms with Gasteiger partial charge in [0.25, 0.3) is 5.91 Å². The molecule has 1 aliphatic rings. The van der Waals surface area contributed by atoms with Crippen molar-refractivity contribution in [3.05, 3.63) is 113 Å². The molecule has 0 bridgehead atoms. The Morgan fingerprint density at radius 1 is 1.12 bits per heavy atom. The number of hydrazone groups is 1. The first kappa shape index (κ1) is 22.8. The zero-order valence-corrected chi connectivity index (χ0v) is 19.3. The first-order valence-corrected chi connectivity index (χ1v) is 11.2. The number of nitrogens with zero attached hydrogens (tertiary/aromatic N) is 3. The zero-order valence-electron chi connectivity index (χ0n) is 18.5. The van der Waals surface area contributed by atoms with Crippen LogP contribution in [0.5, 0.6) is 5.75 Å². The van der Waals surface area contributed by atoms with E-state index in [0.29, 0.717) is 18.2 Å². The van der Waals surface area contributed by atoms with Crippen molar-refractivity contribution in [2.75, 3.05) is 13.2 Å². The number of hydrogen-bond donors (Lipinski definition) is 0. The van der Waals surface area contributed by atoms with Crippen LogP contribution in [-0.2, 0) is 11.3 Å². The fourth-order valence-electron chi connectivity index (χ4n) is 3.88. The molecule has 1 saturated heterocycles. The van der Waals surface area contributed by atoms with Crippen molar-refractivity contribution < 1.29 is 9.53 Å². The second-order valence-electron chi connectivity index (χ2n) is 7.87. The molecule has 0 aliphatic carbocycles. The number of ether oxygens (including phenoxy) is 1. The van der Waals surface area contributed by atoms with E-state index in [4.69, 9.17) is 21.4 Å². The van der Waals surface area contributed by atoms with Gasteiger partial charge in [-0.05, 0) is 47.9 Å². The number of rotatable bonds is 8. The lowest BCUT2D eigenvalue weighted by Crippen LogP contribution is -2.29. The molecule has 168 valence electrons. The molecular formula is C27H26ClN3O2. The third kappa shape index (κ3) is 5.51. The second-order valence-corrected chi connectivity index (χ2v) is 8.30. The van der Waals surface area contributed by atoms with Crippen LogP contribution in [-0.4, -0.2) is 34.7 Å². The molecule has 3 aromatic carbocycles. The smallest absolute Gasteiger partial charge is 0.258 e. The van der Waals surface area contributed by atoms with Gasteiger partial charge >= 0.3 is 0 Å². The minimum Gasteiger partial charge on any atom is -0.490 e. The first-order chi connectivity index (χ1) is 16.0. The molecular weight excluding hydrogens is 434 g/mol. The largest absolute Gasteiger partial charge is 0.490 e. The highest BCUT2D eigenvalue weighted by Crippen LogP contribution is 2.34. The summed E-state index contributed by atoms with van der Waals surface area (Å²) in [5, 5.41) is 7.00. The number of amides is 1. The van der Waals surface area contributed by atoms with E-state index in [1.807, 2.05) is 73.7 Å². The maximum absolute atomic E-state index is 13.1. The lowest BCUT2D eigenvalue weighted by molar-refractivity contribution is -0.128. The highest BCUT2D eigenvalue weighted by molar-refractivity contribution is 6.30. The van der Waals surface area contributed by atoms with E-state index in [0.717, 1.165) is 28.2 Å². The standard InChI is InChI=1S/C27H26ClN3O2/c1-3-16-33-25-11-7-10-23(17-25)27-30(18-21-8-5-4-6-9-21)19-26(32)31(27)29-20(2)22-12-14-24(28)15-13-22/h3-15,17,27H,1,16,18-19H2,2H3/b29-20-/t27-/m1/s1. The summed E-state index contributed by atoms with van der Waals surface area (Å²) in [6.07, 6.45) is 1.35. The van der Waals surface area contributed by atoms with Crippen molar-refractivity contribution in [2.24, 2.45) is 5.10 Å². The molecule has 4 rings (SSSR count). The van der Waals surface area contributed by atoms with Gasteiger partial charge in [0.15, 0.2) is 0 Å². The highest BCUT2D eigenvalue weighted by Gasteiger charge is 2.39. The molecule has 0 saturated carbocycles. The van der Waals surface area contributed by atoms with E-state index in [9.17, 15) is 4.79 Å². The van der Waals surface area contributed by atoms with Gasteiger partial charge in [0.1, 0.15) is 18.5 Å². The summed E-state index contributed by atoms with van der Waals surface area (Å²) in [7, 11) is 0. The molecule has 33 heavy (non-hydrogen) atoms. The lowest BCUT2D eigenvalue weighted by atomic mass is 10.1. The van der Waals surface area contributed by atoms with Crippen molar-refractivity contribution in [1.29, 1.82) is 0 Å². The van der Waals surface area contributed by atoms with Gasteiger partial charge in [-0.2, -0.15) is 5.10 Å². The van der Waals surface area contributed by atoms with Crippen LogP contribution in [0.1, 0.15) is 29.8 Å². The van der Waals surface area contributed by atoms with Crippen LogP contribution >= 0.6 is 11.6 Å². The monoisotopic (exact) mass is 459 g/mol. The van der Waals surface area contributed by atoms with Crippen molar-refractivity contribution in [3.8, 4) is 5.75 Å². The van der Waals surface area contributed by atoms with E-state index in [2.05, 4.69) is 23.6 Å². The average molecular weight is 460 g/mol. The minimum absolute atomic E-state index is 0.0540. The molecule has 6 heteroatoms. The molecule has 5 nitrogen and oxygen atoms in total. The van der Waals surface area contributed by atoms with Gasteiger partial charge in [0, 0.05) is 11.6 Å². The van der Waals surface area contributed by atoms with Gasteiger partial charge in [-0.25, -0.2) is 5.01 Å². The molecule has 0 N–H and O–H groups in total. The molecule has 3 aromatic rings. The van der Waals surface area contributed by atoms with Crippen molar-refractivity contribution in [2.45, 2.75) is 19.6 Å². The van der Waals surface area contributed by atoms with Gasteiger partial charge in [0.05, 0.1) is 12.3 Å². The Hall–Kier alpha value is -3.41. The van der Waals surface area contributed by atoms with Crippen LogP contribution in [0.3, 0.4) is 0 Å². The van der Waals surface area contributed by atoms with Crippen molar-refractivity contribution >= 4 is 23.2 Å². The van der Waals surface area contributed by atoms with Crippen LogP contribution < -0.4 is 4.74 Å². The number of carbonyl (C=O) groups excluding carboxylic acids is 1. The topological polar surface area (TPSA) is 45.1 Å². The number of halogens is 1. The van der Waals surface area contributed by atoms with Gasteiger partial charge in [0.2, 0.25) is 0 Å². The van der Waals surface area contributed by atoms with Crippen LogP contribution in [0.15, 0.2) is 96.6 Å². The van der Waals surface area contributed by atoms with E-state index in [1.165, 1.54) is 0 Å². The molecule has 0 spiro atoms. The Labute approximate surface area is 199 Å². The van der Waals surface area contributed by atoms with Crippen LogP contribution in [0.2, 0.25) is 5.02 Å². The summed E-state index contributed by atoms with van der Waals surface area (Å²) in [5.41, 5.74) is 3.72. The van der Waals surface area contributed by atoms with Gasteiger partial charge in [-0.3, -0.25) is 9.69 Å². The van der Waals surface area contributed by atoms with Crippen LogP contribution in [0, 0.1) is 0 Å². The van der Waals surface area contributed by atoms with E-state index in [1.54, 1.807) is 11.1 Å². The van der Waals surface area contributed by atoms with Gasteiger partial charge in [-0.15, -0.1) is 0 Å². The maximum Gasteiger partial charge on any atom is 0.258 e. The second kappa shape index (κ2) is 10.5. The Morgan fingerprint density at radius 3 is 2.61 bits per heavy atom. The summed E-state index contributed by atoms with van der Waals surface area (Å²) in [4.78, 5) is 15.3. The fraction of sp³-hybridized carbons (Fsp3) is 0.185. The Bertz CT molecular complexity index is 1150. The average Bonchev–Trinajstić information content (AvgIpc) is 3.13. The minimum atomic E-state index is -0.354. The maximum atomic E-state index is 13.1. The third-order valence-corrected chi connectivity index (χ3v) is 5.70. The summed E-state index contributed by atoms with van der Waals surface area (Å²) >= 11 is 6.03. The Kier molecular flexibility index (Phi) is 7.23. The SMILES string of the molecule is C=CCOc1cccc([C@@H]2N(Cc3ccccc3)CC(=O)N2/N=C(/C)c2ccc(Cl)cc2)c1. The fourth-order valence-corrected chi connectivity index (χ4v) is 4.00. The molecule has 1 atom stereocenters. The van der Waals surface area contributed by atoms with Gasteiger partial charge in [-0.1, -0.05) is 78.9 Å². The quantitative estimate of drug-likeness (QED) is 0.322. The number of hydrogen-bond acceptors (Lipinski definition) is 4. The normalized spacial score (nSPS) is 16.8. The Morgan fingerprint density at radius 2 is 1.88 bits per heavy atom. The Balaban J connectivity index is 1.70. The molecule has 0 radical (unpaired) electrons. The summed E-state index contributed by atoms with van der Waals surface area (Å²) in [5.74, 6) is 0.673. The molecule has 0 unspecified atom stereocenters. The highest BCUT2D eigenvalue weighted by atomic mass is 35.5. The van der Waals surface area contributed by atoms with Crippen molar-refractivity contribution in [3.63, 3.8) is 0 Å². The lowest BCUT2D eigenvalue weighted by Gasteiger charge is -2.28. The summed E-state index contributed by atoms with van der Waals surface area (Å²) < 4.78 is 5.74. The summed E-state index contributed by atoms with van der Waals surface area (Å²) in [6, 6.07) is 25.4. The third-order valence-electron chi connectivity index (χ3n) is 5.44. The molecule has 1 amide bonds. The summed E-state index contributed by atoms with van der Waals surface area (Å²) in [6.45, 7) is 6.92. The van der Waals surface area contributed by atoms with Crippen molar-refractivity contribution in [1.82, 2.24) is 9.91 Å². The van der Waals surface area contributed by atoms with Crippen LogP contribution in [0.4, 0.5) is 0 Å². The zero-order chi connectivity index (χ0) is 23.2. The molecule has 1 aliphatic heterocycles. The molecule has 0 aromatic heterocycles. The number of carbonyl (C=O) groups is 1. The van der Waals surface area contributed by atoms with E-state index in [-0.39, 0.29) is 18.6 Å². The predicted octanol–water partition coefficient (Wildman–Crippen LogP) is 5.67. The molecule has 1 heterocycles.